The molecule has 106 valence electrons. The van der Waals surface area contributed by atoms with Crippen LogP contribution in [0, 0.1) is 13.8 Å². The Morgan fingerprint density at radius 1 is 1.20 bits per heavy atom. The Bertz CT molecular complexity index is 697. The first-order chi connectivity index (χ1) is 9.41. The summed E-state index contributed by atoms with van der Waals surface area (Å²) in [5.41, 5.74) is 2.56. The molecule has 0 saturated carbocycles. The molecule has 0 spiro atoms. The van der Waals surface area contributed by atoms with E-state index in [2.05, 4.69) is 4.98 Å². The summed E-state index contributed by atoms with van der Waals surface area (Å²) in [6.07, 6.45) is 3.35. The van der Waals surface area contributed by atoms with Crippen molar-refractivity contribution in [3.8, 4) is 0 Å². The van der Waals surface area contributed by atoms with Crippen molar-refractivity contribution in [3.63, 3.8) is 0 Å². The van der Waals surface area contributed by atoms with E-state index in [1.807, 2.05) is 32.0 Å². The maximum atomic E-state index is 12.6. The first kappa shape index (κ1) is 14.7. The second kappa shape index (κ2) is 5.73. The molecule has 0 aliphatic heterocycles. The third-order valence-electron chi connectivity index (χ3n) is 3.16. The van der Waals surface area contributed by atoms with E-state index >= 15 is 0 Å². The standard InChI is InChI=1S/C15H18N2O2S/c1-12-6-7-13(2)15(9-12)20(18,19)17(3)11-14-5-4-8-16-10-14/h4-10H,11H2,1-3H3. The second-order valence-corrected chi connectivity index (χ2v) is 6.90. The Balaban J connectivity index is 2.32. The van der Waals surface area contributed by atoms with Crippen LogP contribution >= 0.6 is 0 Å². The molecule has 2 aromatic rings. The number of sulfonamides is 1. The van der Waals surface area contributed by atoms with E-state index in [0.29, 0.717) is 11.4 Å². The predicted molar refractivity (Wildman–Crippen MR) is 78.8 cm³/mol. The average molecular weight is 290 g/mol. The molecule has 0 unspecified atom stereocenters. The SMILES string of the molecule is Cc1ccc(C)c(S(=O)(=O)N(C)Cc2cccnc2)c1. The Morgan fingerprint density at radius 2 is 1.95 bits per heavy atom. The molecule has 1 aromatic carbocycles. The molecule has 0 aliphatic carbocycles. The van der Waals surface area contributed by atoms with Crippen LogP contribution in [0.1, 0.15) is 16.7 Å². The van der Waals surface area contributed by atoms with Gasteiger partial charge in [0, 0.05) is 26.0 Å². The zero-order valence-corrected chi connectivity index (χ0v) is 12.7. The molecule has 0 atom stereocenters. The van der Waals surface area contributed by atoms with Crippen LogP contribution in [0.15, 0.2) is 47.6 Å². The molecule has 0 amide bonds. The Hall–Kier alpha value is -1.72. The lowest BCUT2D eigenvalue weighted by molar-refractivity contribution is 0.465. The van der Waals surface area contributed by atoms with Crippen molar-refractivity contribution in [2.75, 3.05) is 7.05 Å². The molecule has 1 heterocycles. The van der Waals surface area contributed by atoms with Gasteiger partial charge < -0.3 is 0 Å². The van der Waals surface area contributed by atoms with Gasteiger partial charge in [-0.1, -0.05) is 18.2 Å². The lowest BCUT2D eigenvalue weighted by Gasteiger charge is -2.18. The quantitative estimate of drug-likeness (QED) is 0.869. The van der Waals surface area contributed by atoms with Gasteiger partial charge in [-0.25, -0.2) is 8.42 Å². The highest BCUT2D eigenvalue weighted by Gasteiger charge is 2.22. The summed E-state index contributed by atoms with van der Waals surface area (Å²) in [6.45, 7) is 4.01. The number of hydrogen-bond acceptors (Lipinski definition) is 3. The van der Waals surface area contributed by atoms with Crippen molar-refractivity contribution >= 4 is 10.0 Å². The second-order valence-electron chi connectivity index (χ2n) is 4.89. The number of nitrogens with zero attached hydrogens (tertiary/aromatic N) is 2. The fourth-order valence-corrected chi connectivity index (χ4v) is 3.45. The Morgan fingerprint density at radius 3 is 2.60 bits per heavy atom. The van der Waals surface area contributed by atoms with Crippen LogP contribution in [0.3, 0.4) is 0 Å². The van der Waals surface area contributed by atoms with Crippen molar-refractivity contribution in [1.82, 2.24) is 9.29 Å². The monoisotopic (exact) mass is 290 g/mol. The van der Waals surface area contributed by atoms with E-state index in [1.54, 1.807) is 31.6 Å². The van der Waals surface area contributed by atoms with E-state index in [0.717, 1.165) is 16.7 Å². The number of aryl methyl sites for hydroxylation is 2. The molecule has 0 saturated heterocycles. The third-order valence-corrected chi connectivity index (χ3v) is 5.11. The molecular weight excluding hydrogens is 272 g/mol. The molecule has 0 fully saturated rings. The topological polar surface area (TPSA) is 50.3 Å². The van der Waals surface area contributed by atoms with E-state index in [9.17, 15) is 8.42 Å². The van der Waals surface area contributed by atoms with Gasteiger partial charge in [0.25, 0.3) is 0 Å². The number of benzene rings is 1. The molecular formula is C15H18N2O2S. The maximum absolute atomic E-state index is 12.6. The van der Waals surface area contributed by atoms with Gasteiger partial charge in [0.2, 0.25) is 10.0 Å². The third kappa shape index (κ3) is 3.05. The number of aromatic nitrogens is 1. The van der Waals surface area contributed by atoms with Crippen LogP contribution in [-0.2, 0) is 16.6 Å². The van der Waals surface area contributed by atoms with E-state index < -0.39 is 10.0 Å². The van der Waals surface area contributed by atoms with Crippen molar-refractivity contribution in [2.24, 2.45) is 0 Å². The summed E-state index contributed by atoms with van der Waals surface area (Å²) >= 11 is 0. The summed E-state index contributed by atoms with van der Waals surface area (Å²) in [6, 6.07) is 9.12. The van der Waals surface area contributed by atoms with Crippen molar-refractivity contribution in [2.45, 2.75) is 25.3 Å². The fraction of sp³-hybridized carbons (Fsp3) is 0.267. The van der Waals surface area contributed by atoms with Gasteiger partial charge in [-0.15, -0.1) is 0 Å². The van der Waals surface area contributed by atoms with E-state index in [-0.39, 0.29) is 0 Å². The Labute approximate surface area is 120 Å². The van der Waals surface area contributed by atoms with Gasteiger partial charge in [0.05, 0.1) is 4.90 Å². The van der Waals surface area contributed by atoms with Gasteiger partial charge in [-0.2, -0.15) is 4.31 Å². The molecule has 1 aromatic heterocycles. The summed E-state index contributed by atoms with van der Waals surface area (Å²) in [7, 11) is -1.90. The first-order valence-corrected chi connectivity index (χ1v) is 7.78. The van der Waals surface area contributed by atoms with Crippen LogP contribution < -0.4 is 0 Å². The zero-order valence-electron chi connectivity index (χ0n) is 11.9. The minimum absolute atomic E-state index is 0.309. The van der Waals surface area contributed by atoms with E-state index in [1.165, 1.54) is 4.31 Å². The van der Waals surface area contributed by atoms with Gasteiger partial charge in [-0.3, -0.25) is 4.98 Å². The van der Waals surface area contributed by atoms with Crippen LogP contribution in [0.2, 0.25) is 0 Å². The highest BCUT2D eigenvalue weighted by molar-refractivity contribution is 7.89. The molecule has 2 rings (SSSR count). The van der Waals surface area contributed by atoms with Crippen LogP contribution in [0.5, 0.6) is 0 Å². The summed E-state index contributed by atoms with van der Waals surface area (Å²) < 4.78 is 26.6. The highest BCUT2D eigenvalue weighted by Crippen LogP contribution is 2.21. The molecule has 0 bridgehead atoms. The van der Waals surface area contributed by atoms with Crippen molar-refractivity contribution in [1.29, 1.82) is 0 Å². The molecule has 4 nitrogen and oxygen atoms in total. The lowest BCUT2D eigenvalue weighted by Crippen LogP contribution is -2.27. The summed E-state index contributed by atoms with van der Waals surface area (Å²) in [4.78, 5) is 4.37. The van der Waals surface area contributed by atoms with Gasteiger partial charge in [0.15, 0.2) is 0 Å². The number of hydrogen-bond donors (Lipinski definition) is 0. The number of rotatable bonds is 4. The number of pyridine rings is 1. The van der Waals surface area contributed by atoms with Crippen molar-refractivity contribution < 1.29 is 8.42 Å². The first-order valence-electron chi connectivity index (χ1n) is 6.34. The van der Waals surface area contributed by atoms with Gasteiger partial charge in [-0.05, 0) is 42.7 Å². The Kier molecular flexibility index (Phi) is 4.20. The highest BCUT2D eigenvalue weighted by atomic mass is 32.2. The molecule has 0 radical (unpaired) electrons. The fourth-order valence-electron chi connectivity index (χ4n) is 1.99. The largest absolute Gasteiger partial charge is 0.264 e. The molecule has 0 aliphatic rings. The maximum Gasteiger partial charge on any atom is 0.243 e. The molecule has 20 heavy (non-hydrogen) atoms. The molecule has 0 N–H and O–H groups in total. The summed E-state index contributed by atoms with van der Waals surface area (Å²) in [5.74, 6) is 0. The van der Waals surface area contributed by atoms with E-state index in [4.69, 9.17) is 0 Å². The van der Waals surface area contributed by atoms with Gasteiger partial charge in [0.1, 0.15) is 0 Å². The van der Waals surface area contributed by atoms with Crippen LogP contribution in [0.4, 0.5) is 0 Å². The predicted octanol–water partition coefficient (Wildman–Crippen LogP) is 2.52. The van der Waals surface area contributed by atoms with Crippen LogP contribution in [-0.4, -0.2) is 24.8 Å². The minimum atomic E-state index is -3.48. The smallest absolute Gasteiger partial charge is 0.243 e. The molecule has 5 heteroatoms. The minimum Gasteiger partial charge on any atom is -0.264 e. The summed E-state index contributed by atoms with van der Waals surface area (Å²) in [5, 5.41) is 0. The van der Waals surface area contributed by atoms with Gasteiger partial charge >= 0.3 is 0 Å². The lowest BCUT2D eigenvalue weighted by atomic mass is 10.2. The van der Waals surface area contributed by atoms with Crippen molar-refractivity contribution in [3.05, 3.63) is 59.4 Å². The average Bonchev–Trinajstić information content (AvgIpc) is 2.42. The van der Waals surface area contributed by atoms with Crippen LogP contribution in [0.25, 0.3) is 0 Å². The zero-order chi connectivity index (χ0) is 14.8. The normalized spacial score (nSPS) is 11.8.